The predicted octanol–water partition coefficient (Wildman–Crippen LogP) is 2.80. The van der Waals surface area contributed by atoms with Gasteiger partial charge in [0.05, 0.1) is 0 Å². The van der Waals surface area contributed by atoms with Gasteiger partial charge < -0.3 is 5.32 Å². The second-order valence-corrected chi connectivity index (χ2v) is 9.38. The molecule has 2 fully saturated rings. The first-order valence-corrected chi connectivity index (χ1v) is 10.1. The summed E-state index contributed by atoms with van der Waals surface area (Å²) in [5.74, 6) is 0. The molecule has 1 aromatic heterocycles. The quantitative estimate of drug-likeness (QED) is 0.875. The number of piperidine rings is 1. The summed E-state index contributed by atoms with van der Waals surface area (Å²) in [6, 6.07) is 2.93. The van der Waals surface area contributed by atoms with Crippen molar-refractivity contribution in [3.8, 4) is 0 Å². The van der Waals surface area contributed by atoms with Crippen LogP contribution in [0, 0.1) is 0 Å². The van der Waals surface area contributed by atoms with Crippen LogP contribution in [0.25, 0.3) is 0 Å². The van der Waals surface area contributed by atoms with E-state index in [2.05, 4.69) is 21.2 Å². The molecule has 2 atom stereocenters. The summed E-state index contributed by atoms with van der Waals surface area (Å²) >= 11 is 4.64. The molecule has 2 bridgehead atoms. The largest absolute Gasteiger partial charge is 0.311 e. The Morgan fingerprint density at radius 3 is 2.55 bits per heavy atom. The van der Waals surface area contributed by atoms with Crippen molar-refractivity contribution in [1.29, 1.82) is 0 Å². The van der Waals surface area contributed by atoms with Crippen molar-refractivity contribution in [2.24, 2.45) is 0 Å². The van der Waals surface area contributed by atoms with E-state index in [1.807, 2.05) is 12.3 Å². The maximum Gasteiger partial charge on any atom is 0.253 e. The van der Waals surface area contributed by atoms with Crippen molar-refractivity contribution in [1.82, 2.24) is 9.62 Å². The third kappa shape index (κ3) is 2.59. The summed E-state index contributed by atoms with van der Waals surface area (Å²) in [5.41, 5.74) is 0. The number of nitrogens with one attached hydrogen (secondary N) is 1. The number of halogens is 1. The number of hydrogen-bond acceptors (Lipinski definition) is 4. The van der Waals surface area contributed by atoms with Crippen LogP contribution in [0.1, 0.15) is 32.6 Å². The van der Waals surface area contributed by atoms with Gasteiger partial charge in [-0.2, -0.15) is 4.31 Å². The topological polar surface area (TPSA) is 49.4 Å². The predicted molar refractivity (Wildman–Crippen MR) is 84.6 cm³/mol. The van der Waals surface area contributed by atoms with E-state index in [0.717, 1.165) is 12.8 Å². The highest BCUT2D eigenvalue weighted by Crippen LogP contribution is 2.35. The molecule has 0 aromatic carbocycles. The van der Waals surface area contributed by atoms with Crippen LogP contribution < -0.4 is 5.32 Å². The van der Waals surface area contributed by atoms with E-state index in [-0.39, 0.29) is 6.04 Å². The Morgan fingerprint density at radius 1 is 1.40 bits per heavy atom. The van der Waals surface area contributed by atoms with Gasteiger partial charge in [-0.25, -0.2) is 8.42 Å². The maximum absolute atomic E-state index is 12.9. The molecule has 2 saturated heterocycles. The third-order valence-corrected chi connectivity index (χ3v) is 8.97. The van der Waals surface area contributed by atoms with Crippen LogP contribution >= 0.6 is 27.3 Å². The van der Waals surface area contributed by atoms with Crippen molar-refractivity contribution in [3.63, 3.8) is 0 Å². The van der Waals surface area contributed by atoms with Gasteiger partial charge >= 0.3 is 0 Å². The summed E-state index contributed by atoms with van der Waals surface area (Å²) in [7, 11) is -3.38. The molecule has 2 aliphatic heterocycles. The highest BCUT2D eigenvalue weighted by Gasteiger charge is 2.40. The van der Waals surface area contributed by atoms with Crippen molar-refractivity contribution in [3.05, 3.63) is 15.9 Å². The highest BCUT2D eigenvalue weighted by atomic mass is 79.9. The SMILES string of the molecule is CCN(C1CC2CCC(C1)N2)S(=O)(=O)c1sccc1Br. The molecule has 2 unspecified atom stereocenters. The number of rotatable bonds is 4. The minimum absolute atomic E-state index is 0.137. The second kappa shape index (κ2) is 5.68. The minimum Gasteiger partial charge on any atom is -0.311 e. The van der Waals surface area contributed by atoms with Gasteiger partial charge in [0.1, 0.15) is 4.21 Å². The fraction of sp³-hybridized carbons (Fsp3) is 0.692. The molecule has 0 saturated carbocycles. The van der Waals surface area contributed by atoms with Gasteiger partial charge in [-0.15, -0.1) is 11.3 Å². The summed E-state index contributed by atoms with van der Waals surface area (Å²) in [5, 5.41) is 5.39. The first-order chi connectivity index (χ1) is 9.52. The summed E-state index contributed by atoms with van der Waals surface area (Å²) in [6.45, 7) is 2.47. The van der Waals surface area contributed by atoms with Crippen LogP contribution in [0.15, 0.2) is 20.1 Å². The van der Waals surface area contributed by atoms with E-state index in [1.165, 1.54) is 24.2 Å². The Balaban J connectivity index is 1.88. The van der Waals surface area contributed by atoms with Crippen LogP contribution in [0.2, 0.25) is 0 Å². The highest BCUT2D eigenvalue weighted by molar-refractivity contribution is 9.10. The standard InChI is InChI=1S/C13H19BrN2O2S2/c1-2-16(11-7-9-3-4-10(8-11)15-9)20(17,18)13-12(14)5-6-19-13/h5-6,9-11,15H,2-4,7-8H2,1H3. The van der Waals surface area contributed by atoms with Gasteiger partial charge in [0.15, 0.2) is 0 Å². The van der Waals surface area contributed by atoms with Crippen molar-refractivity contribution in [2.75, 3.05) is 6.54 Å². The first kappa shape index (κ1) is 15.0. The molecule has 3 heterocycles. The summed E-state index contributed by atoms with van der Waals surface area (Å²) in [4.78, 5) is 0. The van der Waals surface area contributed by atoms with Crippen LogP contribution in [0.5, 0.6) is 0 Å². The van der Waals surface area contributed by atoms with E-state index >= 15 is 0 Å². The Morgan fingerprint density at radius 2 is 2.05 bits per heavy atom. The van der Waals surface area contributed by atoms with Crippen LogP contribution in [-0.4, -0.2) is 37.4 Å². The fourth-order valence-electron chi connectivity index (χ4n) is 3.46. The zero-order valence-corrected chi connectivity index (χ0v) is 14.6. The van der Waals surface area contributed by atoms with E-state index in [0.29, 0.717) is 27.3 Å². The smallest absolute Gasteiger partial charge is 0.253 e. The molecule has 0 spiro atoms. The molecule has 0 amide bonds. The third-order valence-electron chi connectivity index (χ3n) is 4.29. The van der Waals surface area contributed by atoms with Crippen molar-refractivity contribution >= 4 is 37.3 Å². The van der Waals surface area contributed by atoms with Gasteiger partial charge in [-0.1, -0.05) is 6.92 Å². The minimum atomic E-state index is -3.38. The van der Waals surface area contributed by atoms with E-state index in [1.54, 1.807) is 10.4 Å². The Bertz CT molecular complexity index is 575. The Kier molecular flexibility index (Phi) is 4.25. The zero-order chi connectivity index (χ0) is 14.3. The average molecular weight is 379 g/mol. The molecule has 0 aliphatic carbocycles. The fourth-order valence-corrected chi connectivity index (χ4v) is 7.54. The van der Waals surface area contributed by atoms with Gasteiger partial charge in [0.25, 0.3) is 10.0 Å². The molecular weight excluding hydrogens is 360 g/mol. The van der Waals surface area contributed by atoms with Crippen molar-refractivity contribution in [2.45, 2.75) is 54.9 Å². The number of nitrogens with zero attached hydrogens (tertiary/aromatic N) is 1. The van der Waals surface area contributed by atoms with Crippen LogP contribution in [-0.2, 0) is 10.0 Å². The Hall–Kier alpha value is 0.0500. The molecule has 1 N–H and O–H groups in total. The van der Waals surface area contributed by atoms with E-state index in [9.17, 15) is 8.42 Å². The zero-order valence-electron chi connectivity index (χ0n) is 11.4. The number of fused-ring (bicyclic) bond motifs is 2. The second-order valence-electron chi connectivity index (χ2n) is 5.53. The molecule has 4 nitrogen and oxygen atoms in total. The van der Waals surface area contributed by atoms with E-state index < -0.39 is 10.0 Å². The number of sulfonamides is 1. The van der Waals surface area contributed by atoms with Gasteiger partial charge in [0.2, 0.25) is 0 Å². The maximum atomic E-state index is 12.9. The van der Waals surface area contributed by atoms with Gasteiger partial charge in [0, 0.05) is 29.1 Å². The first-order valence-electron chi connectivity index (χ1n) is 7.03. The monoisotopic (exact) mass is 378 g/mol. The van der Waals surface area contributed by atoms with Gasteiger partial charge in [-0.05, 0) is 53.1 Å². The van der Waals surface area contributed by atoms with Crippen LogP contribution in [0.4, 0.5) is 0 Å². The molecule has 3 rings (SSSR count). The summed E-state index contributed by atoms with van der Waals surface area (Å²) in [6.07, 6.45) is 4.24. The van der Waals surface area contributed by atoms with Gasteiger partial charge in [-0.3, -0.25) is 0 Å². The molecule has 0 radical (unpaired) electrons. The van der Waals surface area contributed by atoms with E-state index in [4.69, 9.17) is 0 Å². The number of hydrogen-bond donors (Lipinski definition) is 1. The Labute approximate surface area is 132 Å². The molecule has 20 heavy (non-hydrogen) atoms. The molecular formula is C13H19BrN2O2S2. The lowest BCUT2D eigenvalue weighted by molar-refractivity contribution is 0.232. The van der Waals surface area contributed by atoms with Crippen molar-refractivity contribution < 1.29 is 8.42 Å². The normalized spacial score (nSPS) is 30.1. The molecule has 1 aromatic rings. The lowest BCUT2D eigenvalue weighted by atomic mass is 10.00. The summed E-state index contributed by atoms with van der Waals surface area (Å²) < 4.78 is 28.5. The lowest BCUT2D eigenvalue weighted by Crippen LogP contribution is -2.50. The average Bonchev–Trinajstić information content (AvgIpc) is 2.96. The molecule has 112 valence electrons. The van der Waals surface area contributed by atoms with Crippen LogP contribution in [0.3, 0.4) is 0 Å². The lowest BCUT2D eigenvalue weighted by Gasteiger charge is -2.36. The molecule has 7 heteroatoms. The number of thiophene rings is 1. The molecule has 2 aliphatic rings.